The van der Waals surface area contributed by atoms with Gasteiger partial charge in [0.1, 0.15) is 0 Å². The zero-order valence-electron chi connectivity index (χ0n) is 18.8. The van der Waals surface area contributed by atoms with E-state index in [1.165, 1.54) is 11.3 Å². The minimum atomic E-state index is -3.33. The number of thioether (sulfide) groups is 1. The molecule has 1 unspecified atom stereocenters. The highest BCUT2D eigenvalue weighted by atomic mass is 32.2. The molecule has 1 saturated carbocycles. The summed E-state index contributed by atoms with van der Waals surface area (Å²) in [6, 6.07) is -0.0101. The number of sulfonamides is 1. The van der Waals surface area contributed by atoms with E-state index in [0.717, 1.165) is 60.3 Å². The van der Waals surface area contributed by atoms with Crippen molar-refractivity contribution in [3.8, 4) is 0 Å². The van der Waals surface area contributed by atoms with Gasteiger partial charge in [0.25, 0.3) is 5.91 Å². The number of nitrogens with one attached hydrogen (secondary N) is 3. The molecule has 7 nitrogen and oxygen atoms in total. The first-order valence-corrected chi connectivity index (χ1v) is 14.5. The molecule has 0 radical (unpaired) electrons. The van der Waals surface area contributed by atoms with Gasteiger partial charge in [0.2, 0.25) is 10.0 Å². The number of aliphatic hydroxyl groups is 1. The maximum atomic E-state index is 12.8. The minimum absolute atomic E-state index is 0.0101. The molecule has 4 N–H and O–H groups in total. The number of hydrogen-bond donors (Lipinski definition) is 4. The molecule has 0 aromatic carbocycles. The summed E-state index contributed by atoms with van der Waals surface area (Å²) in [6.07, 6.45) is 7.44. The number of hydrogen-bond acceptors (Lipinski definition) is 7. The van der Waals surface area contributed by atoms with Crippen molar-refractivity contribution in [1.29, 1.82) is 0 Å². The van der Waals surface area contributed by atoms with E-state index in [4.69, 9.17) is 0 Å². The Morgan fingerprint density at radius 2 is 1.87 bits per heavy atom. The zero-order valence-corrected chi connectivity index (χ0v) is 21.2. The lowest BCUT2D eigenvalue weighted by Gasteiger charge is -2.31. The highest BCUT2D eigenvalue weighted by Crippen LogP contribution is 2.43. The van der Waals surface area contributed by atoms with E-state index in [-0.39, 0.29) is 11.9 Å². The maximum absolute atomic E-state index is 12.8. The van der Waals surface area contributed by atoms with Crippen LogP contribution in [0.5, 0.6) is 0 Å². The molecule has 2 aliphatic rings. The van der Waals surface area contributed by atoms with Gasteiger partial charge in [-0.15, -0.1) is 23.1 Å². The average Bonchev–Trinajstić information content (AvgIpc) is 3.08. The Morgan fingerprint density at radius 1 is 1.19 bits per heavy atom. The second-order valence-electron chi connectivity index (χ2n) is 9.51. The smallest absolute Gasteiger partial charge is 0.275 e. The second kappa shape index (κ2) is 10.1. The van der Waals surface area contributed by atoms with E-state index in [0.29, 0.717) is 17.3 Å². The first-order chi connectivity index (χ1) is 14.5. The third kappa shape index (κ3) is 5.83. The predicted molar refractivity (Wildman–Crippen MR) is 127 cm³/mol. The fraction of sp³-hybridized carbons (Fsp3) is 0.762. The summed E-state index contributed by atoms with van der Waals surface area (Å²) in [5.74, 6) is 0.263. The second-order valence-corrected chi connectivity index (χ2v) is 14.1. The molecular formula is C21H35N3O4S3. The Morgan fingerprint density at radius 3 is 2.48 bits per heavy atom. The van der Waals surface area contributed by atoms with Crippen LogP contribution >= 0.6 is 23.1 Å². The molecule has 31 heavy (non-hydrogen) atoms. The SMILES string of the molecule is CSc1sc(C(=O)NNCC2CCC(NS(=O)(=O)C(C)(C)C)CC2)c2c1C(O)CCC2. The number of carbonyl (C=O) groups is 1. The van der Waals surface area contributed by atoms with E-state index in [1.54, 1.807) is 32.5 Å². The van der Waals surface area contributed by atoms with Crippen molar-refractivity contribution in [2.75, 3.05) is 12.8 Å². The molecule has 3 rings (SSSR count). The van der Waals surface area contributed by atoms with Crippen LogP contribution < -0.4 is 15.6 Å². The van der Waals surface area contributed by atoms with E-state index >= 15 is 0 Å². The van der Waals surface area contributed by atoms with Gasteiger partial charge in [0.05, 0.1) is 19.9 Å². The summed E-state index contributed by atoms with van der Waals surface area (Å²) >= 11 is 3.05. The van der Waals surface area contributed by atoms with Crippen molar-refractivity contribution in [1.82, 2.24) is 15.6 Å². The van der Waals surface area contributed by atoms with E-state index in [9.17, 15) is 18.3 Å². The van der Waals surface area contributed by atoms with E-state index in [2.05, 4.69) is 15.6 Å². The van der Waals surface area contributed by atoms with Gasteiger partial charge < -0.3 is 5.11 Å². The Bertz CT molecular complexity index is 884. The van der Waals surface area contributed by atoms with Gasteiger partial charge in [0, 0.05) is 18.2 Å². The zero-order chi connectivity index (χ0) is 22.8. The van der Waals surface area contributed by atoms with Gasteiger partial charge in [-0.2, -0.15) is 0 Å². The molecule has 1 aromatic rings. The van der Waals surface area contributed by atoms with Gasteiger partial charge >= 0.3 is 0 Å². The van der Waals surface area contributed by atoms with Crippen LogP contribution in [-0.2, 0) is 16.4 Å². The summed E-state index contributed by atoms with van der Waals surface area (Å²) in [4.78, 5) is 13.5. The van der Waals surface area contributed by atoms with Crippen LogP contribution in [0.3, 0.4) is 0 Å². The summed E-state index contributed by atoms with van der Waals surface area (Å²) in [5, 5.41) is 10.4. The fourth-order valence-corrected chi connectivity index (χ4v) is 7.33. The van der Waals surface area contributed by atoms with Gasteiger partial charge in [-0.05, 0) is 83.5 Å². The molecule has 0 bridgehead atoms. The van der Waals surface area contributed by atoms with Crippen molar-refractivity contribution < 1.29 is 18.3 Å². The van der Waals surface area contributed by atoms with Crippen molar-refractivity contribution in [2.45, 2.75) is 86.8 Å². The van der Waals surface area contributed by atoms with Crippen molar-refractivity contribution >= 4 is 39.0 Å². The number of thiophene rings is 1. The first-order valence-electron chi connectivity index (χ1n) is 11.0. The summed E-state index contributed by atoms with van der Waals surface area (Å²) in [6.45, 7) is 5.79. The number of carbonyl (C=O) groups excluding carboxylic acids is 1. The first kappa shape index (κ1) is 25.0. The number of aliphatic hydroxyl groups excluding tert-OH is 1. The Kier molecular flexibility index (Phi) is 8.13. The van der Waals surface area contributed by atoms with Crippen LogP contribution in [0.4, 0.5) is 0 Å². The van der Waals surface area contributed by atoms with Crippen molar-refractivity contribution in [3.05, 3.63) is 16.0 Å². The van der Waals surface area contributed by atoms with Gasteiger partial charge in [-0.25, -0.2) is 18.6 Å². The highest BCUT2D eigenvalue weighted by molar-refractivity contribution is 8.00. The van der Waals surface area contributed by atoms with Crippen LogP contribution in [0.2, 0.25) is 0 Å². The molecular weight excluding hydrogens is 454 g/mol. The lowest BCUT2D eigenvalue weighted by Crippen LogP contribution is -2.47. The number of amides is 1. The van der Waals surface area contributed by atoms with Crippen LogP contribution in [-0.4, -0.2) is 43.0 Å². The number of hydrazine groups is 1. The Hall–Kier alpha value is -0.650. The number of fused-ring (bicyclic) bond motifs is 1. The molecule has 1 amide bonds. The molecule has 1 heterocycles. The Balaban J connectivity index is 1.47. The fourth-order valence-electron chi connectivity index (χ4n) is 4.20. The predicted octanol–water partition coefficient (Wildman–Crippen LogP) is 3.35. The molecule has 176 valence electrons. The lowest BCUT2D eigenvalue weighted by atomic mass is 9.86. The molecule has 0 spiro atoms. The van der Waals surface area contributed by atoms with Gasteiger partial charge in [-0.1, -0.05) is 0 Å². The summed E-state index contributed by atoms with van der Waals surface area (Å²) in [5.41, 5.74) is 7.87. The lowest BCUT2D eigenvalue weighted by molar-refractivity contribution is 0.0930. The molecule has 0 aliphatic heterocycles. The normalized spacial score (nSPS) is 24.6. The average molecular weight is 490 g/mol. The van der Waals surface area contributed by atoms with Crippen LogP contribution in [0.25, 0.3) is 0 Å². The molecule has 1 fully saturated rings. The van der Waals surface area contributed by atoms with Crippen molar-refractivity contribution in [2.24, 2.45) is 5.92 Å². The number of rotatable bonds is 7. The van der Waals surface area contributed by atoms with E-state index in [1.807, 2.05) is 6.26 Å². The summed E-state index contributed by atoms with van der Waals surface area (Å²) in [7, 11) is -3.33. The van der Waals surface area contributed by atoms with Crippen LogP contribution in [0, 0.1) is 5.92 Å². The molecule has 1 atom stereocenters. The van der Waals surface area contributed by atoms with Crippen LogP contribution in [0.15, 0.2) is 4.21 Å². The van der Waals surface area contributed by atoms with E-state index < -0.39 is 20.9 Å². The molecule has 2 aliphatic carbocycles. The molecule has 1 aromatic heterocycles. The Labute approximate surface area is 194 Å². The largest absolute Gasteiger partial charge is 0.388 e. The third-order valence-corrected chi connectivity index (χ3v) is 10.8. The monoisotopic (exact) mass is 489 g/mol. The molecule has 10 heteroatoms. The highest BCUT2D eigenvalue weighted by Gasteiger charge is 2.33. The van der Waals surface area contributed by atoms with Gasteiger partial charge in [0.15, 0.2) is 0 Å². The third-order valence-electron chi connectivity index (χ3n) is 6.21. The van der Waals surface area contributed by atoms with Gasteiger partial charge in [-0.3, -0.25) is 10.2 Å². The van der Waals surface area contributed by atoms with Crippen LogP contribution in [0.1, 0.15) is 86.2 Å². The topological polar surface area (TPSA) is 108 Å². The maximum Gasteiger partial charge on any atom is 0.275 e. The minimum Gasteiger partial charge on any atom is -0.388 e. The van der Waals surface area contributed by atoms with Crippen molar-refractivity contribution in [3.63, 3.8) is 0 Å². The summed E-state index contributed by atoms with van der Waals surface area (Å²) < 4.78 is 27.8. The molecule has 0 saturated heterocycles. The standard InChI is InChI=1S/C21H35N3O4S3/c1-21(2,3)31(27,28)24-14-10-8-13(9-11-14)12-22-23-19(26)18-15-6-5-7-16(25)17(15)20(29-4)30-18/h13-14,16,22,24-25H,5-12H2,1-4H3,(H,23,26). The quantitative estimate of drug-likeness (QED) is 0.346.